The zero-order chi connectivity index (χ0) is 17.5. The molecular weight excluding hydrogens is 302 g/mol. The summed E-state index contributed by atoms with van der Waals surface area (Å²) in [6.07, 6.45) is 5.14. The van der Waals surface area contributed by atoms with Gasteiger partial charge in [-0.05, 0) is 43.4 Å². The second-order valence-corrected chi connectivity index (χ2v) is 6.75. The summed E-state index contributed by atoms with van der Waals surface area (Å²) in [7, 11) is 3.48. The molecule has 3 amide bonds. The van der Waals surface area contributed by atoms with E-state index in [0.29, 0.717) is 6.54 Å². The van der Waals surface area contributed by atoms with Crippen molar-refractivity contribution in [1.82, 2.24) is 9.80 Å². The van der Waals surface area contributed by atoms with Crippen molar-refractivity contribution < 1.29 is 9.59 Å². The molecule has 2 rings (SSSR count). The van der Waals surface area contributed by atoms with Crippen molar-refractivity contribution in [2.24, 2.45) is 5.92 Å². The molecule has 1 fully saturated rings. The van der Waals surface area contributed by atoms with Crippen LogP contribution in [0.15, 0.2) is 24.3 Å². The molecule has 0 spiro atoms. The van der Waals surface area contributed by atoms with E-state index >= 15 is 0 Å². The predicted molar refractivity (Wildman–Crippen MR) is 97.1 cm³/mol. The van der Waals surface area contributed by atoms with Crippen LogP contribution in [0.1, 0.15) is 38.2 Å². The number of carbonyl (C=O) groups is 2. The molecule has 24 heavy (non-hydrogen) atoms. The molecule has 1 atom stereocenters. The number of nitrogens with zero attached hydrogens (tertiary/aromatic N) is 2. The van der Waals surface area contributed by atoms with Crippen molar-refractivity contribution >= 4 is 17.6 Å². The van der Waals surface area contributed by atoms with E-state index in [-0.39, 0.29) is 17.9 Å². The lowest BCUT2D eigenvalue weighted by Crippen LogP contribution is -2.47. The summed E-state index contributed by atoms with van der Waals surface area (Å²) in [6.45, 7) is 3.41. The molecule has 1 aliphatic heterocycles. The van der Waals surface area contributed by atoms with Gasteiger partial charge in [-0.25, -0.2) is 4.79 Å². The number of urea groups is 1. The fraction of sp³-hybridized carbons (Fsp3) is 0.579. The van der Waals surface area contributed by atoms with Crippen molar-refractivity contribution in [3.8, 4) is 0 Å². The van der Waals surface area contributed by atoms with E-state index in [4.69, 9.17) is 0 Å². The fourth-order valence-electron chi connectivity index (χ4n) is 3.03. The Balaban J connectivity index is 1.90. The molecule has 0 saturated carbocycles. The van der Waals surface area contributed by atoms with Gasteiger partial charge in [-0.15, -0.1) is 0 Å². The lowest BCUT2D eigenvalue weighted by atomic mass is 9.97. The van der Waals surface area contributed by atoms with Gasteiger partial charge < -0.3 is 15.1 Å². The van der Waals surface area contributed by atoms with Crippen molar-refractivity contribution in [1.29, 1.82) is 0 Å². The Kier molecular flexibility index (Phi) is 6.64. The number of benzene rings is 1. The Morgan fingerprint density at radius 3 is 2.58 bits per heavy atom. The standard InChI is InChI=1S/C19H29N3O2/c1-4-5-7-15-9-11-17(12-10-15)20-18(23)16-8-6-13-22(14-16)19(24)21(2)3/h9-12,16H,4-8,13-14H2,1-3H3,(H,20,23). The van der Waals surface area contributed by atoms with Gasteiger partial charge in [-0.1, -0.05) is 25.5 Å². The summed E-state index contributed by atoms with van der Waals surface area (Å²) in [5.41, 5.74) is 2.13. The molecular formula is C19H29N3O2. The third-order valence-corrected chi connectivity index (χ3v) is 4.49. The Morgan fingerprint density at radius 2 is 1.96 bits per heavy atom. The summed E-state index contributed by atoms with van der Waals surface area (Å²) >= 11 is 0. The number of hydrogen-bond acceptors (Lipinski definition) is 2. The van der Waals surface area contributed by atoms with Crippen LogP contribution in [0.3, 0.4) is 0 Å². The number of carbonyl (C=O) groups excluding carboxylic acids is 2. The van der Waals surface area contributed by atoms with Crippen LogP contribution >= 0.6 is 0 Å². The lowest BCUT2D eigenvalue weighted by Gasteiger charge is -2.33. The lowest BCUT2D eigenvalue weighted by molar-refractivity contribution is -0.121. The maximum Gasteiger partial charge on any atom is 0.319 e. The highest BCUT2D eigenvalue weighted by Crippen LogP contribution is 2.20. The largest absolute Gasteiger partial charge is 0.331 e. The Bertz CT molecular complexity index is 554. The normalized spacial score (nSPS) is 17.5. The first-order chi connectivity index (χ1) is 11.5. The van der Waals surface area contributed by atoms with Crippen LogP contribution in [0.2, 0.25) is 0 Å². The van der Waals surface area contributed by atoms with E-state index < -0.39 is 0 Å². The van der Waals surface area contributed by atoms with Gasteiger partial charge >= 0.3 is 6.03 Å². The summed E-state index contributed by atoms with van der Waals surface area (Å²) in [6, 6.07) is 8.07. The summed E-state index contributed by atoms with van der Waals surface area (Å²) < 4.78 is 0. The number of hydrogen-bond donors (Lipinski definition) is 1. The van der Waals surface area contributed by atoms with E-state index in [2.05, 4.69) is 24.4 Å². The van der Waals surface area contributed by atoms with Gasteiger partial charge in [0, 0.05) is 32.9 Å². The van der Waals surface area contributed by atoms with Crippen molar-refractivity contribution in [2.45, 2.75) is 39.0 Å². The Morgan fingerprint density at radius 1 is 1.25 bits per heavy atom. The molecule has 0 radical (unpaired) electrons. The van der Waals surface area contributed by atoms with Crippen molar-refractivity contribution in [2.75, 3.05) is 32.5 Å². The minimum atomic E-state index is -0.137. The van der Waals surface area contributed by atoms with E-state index in [9.17, 15) is 9.59 Å². The molecule has 0 aromatic heterocycles. The highest BCUT2D eigenvalue weighted by Gasteiger charge is 2.29. The number of likely N-dealkylation sites (tertiary alicyclic amines) is 1. The maximum atomic E-state index is 12.5. The average molecular weight is 331 g/mol. The van der Waals surface area contributed by atoms with E-state index in [1.54, 1.807) is 23.9 Å². The molecule has 1 aromatic rings. The maximum absolute atomic E-state index is 12.5. The van der Waals surface area contributed by atoms with Crippen LogP contribution in [-0.2, 0) is 11.2 Å². The molecule has 1 unspecified atom stereocenters. The number of anilines is 1. The number of piperidine rings is 1. The number of unbranched alkanes of at least 4 members (excludes halogenated alkanes) is 1. The molecule has 0 bridgehead atoms. The molecule has 132 valence electrons. The SMILES string of the molecule is CCCCc1ccc(NC(=O)C2CCCN(C(=O)N(C)C)C2)cc1. The van der Waals surface area contributed by atoms with Crippen LogP contribution in [0.4, 0.5) is 10.5 Å². The molecule has 1 saturated heterocycles. The van der Waals surface area contributed by atoms with Crippen molar-refractivity contribution in [3.05, 3.63) is 29.8 Å². The summed E-state index contributed by atoms with van der Waals surface area (Å²) in [4.78, 5) is 27.9. The monoisotopic (exact) mass is 331 g/mol. The van der Waals surface area contributed by atoms with Crippen LogP contribution in [-0.4, -0.2) is 48.9 Å². The number of nitrogens with one attached hydrogen (secondary N) is 1. The smallest absolute Gasteiger partial charge is 0.319 e. The second kappa shape index (κ2) is 8.71. The second-order valence-electron chi connectivity index (χ2n) is 6.75. The van der Waals surface area contributed by atoms with Crippen LogP contribution in [0.25, 0.3) is 0 Å². The van der Waals surface area contributed by atoms with E-state index in [1.807, 2.05) is 12.1 Å². The first kappa shape index (κ1) is 18.3. The predicted octanol–water partition coefficient (Wildman–Crippen LogP) is 3.36. The van der Waals surface area contributed by atoms with Crippen molar-refractivity contribution in [3.63, 3.8) is 0 Å². The molecule has 1 N–H and O–H groups in total. The average Bonchev–Trinajstić information content (AvgIpc) is 2.60. The van der Waals surface area contributed by atoms with Gasteiger partial charge in [0.25, 0.3) is 0 Å². The first-order valence-electron chi connectivity index (χ1n) is 8.87. The number of amides is 3. The van der Waals surface area contributed by atoms with Gasteiger partial charge in [0.05, 0.1) is 5.92 Å². The molecule has 5 nitrogen and oxygen atoms in total. The molecule has 5 heteroatoms. The third-order valence-electron chi connectivity index (χ3n) is 4.49. The summed E-state index contributed by atoms with van der Waals surface area (Å²) in [5, 5.41) is 2.99. The van der Waals surface area contributed by atoms with Gasteiger partial charge in [-0.2, -0.15) is 0 Å². The van der Waals surface area contributed by atoms with Crippen LogP contribution < -0.4 is 5.32 Å². The number of aryl methyl sites for hydroxylation is 1. The molecule has 0 aliphatic carbocycles. The molecule has 1 aliphatic rings. The third kappa shape index (κ3) is 4.98. The highest BCUT2D eigenvalue weighted by molar-refractivity contribution is 5.93. The number of rotatable bonds is 5. The van der Waals surface area contributed by atoms with Crippen LogP contribution in [0.5, 0.6) is 0 Å². The Hall–Kier alpha value is -2.04. The van der Waals surface area contributed by atoms with E-state index in [0.717, 1.165) is 31.5 Å². The molecule has 1 heterocycles. The van der Waals surface area contributed by atoms with Gasteiger partial charge in [0.1, 0.15) is 0 Å². The topological polar surface area (TPSA) is 52.7 Å². The minimum absolute atomic E-state index is 0.00700. The minimum Gasteiger partial charge on any atom is -0.331 e. The fourth-order valence-corrected chi connectivity index (χ4v) is 3.03. The van der Waals surface area contributed by atoms with Gasteiger partial charge in [-0.3, -0.25) is 4.79 Å². The zero-order valence-corrected chi connectivity index (χ0v) is 15.0. The quantitative estimate of drug-likeness (QED) is 0.899. The van der Waals surface area contributed by atoms with Gasteiger partial charge in [0.2, 0.25) is 5.91 Å². The highest BCUT2D eigenvalue weighted by atomic mass is 16.2. The van der Waals surface area contributed by atoms with Gasteiger partial charge in [0.15, 0.2) is 0 Å². The molecule has 1 aromatic carbocycles. The van der Waals surface area contributed by atoms with Crippen LogP contribution in [0, 0.1) is 5.92 Å². The Labute approximate surface area is 145 Å². The first-order valence-corrected chi connectivity index (χ1v) is 8.87. The zero-order valence-electron chi connectivity index (χ0n) is 15.0. The van der Waals surface area contributed by atoms with E-state index in [1.165, 1.54) is 18.4 Å². The summed E-state index contributed by atoms with van der Waals surface area (Å²) in [5.74, 6) is -0.130.